The number of carboxylic acid groups (broad SMARTS) is 1. The van der Waals surface area contributed by atoms with Gasteiger partial charge in [0.2, 0.25) is 0 Å². The van der Waals surface area contributed by atoms with Crippen molar-refractivity contribution in [3.63, 3.8) is 0 Å². The fourth-order valence-electron chi connectivity index (χ4n) is 1.27. The van der Waals surface area contributed by atoms with Crippen molar-refractivity contribution in [3.8, 4) is 0 Å². The number of hydrogen-bond acceptors (Lipinski definition) is 4. The van der Waals surface area contributed by atoms with Crippen LogP contribution < -0.4 is 0 Å². The van der Waals surface area contributed by atoms with Gasteiger partial charge in [-0.05, 0) is 28.9 Å². The molecule has 16 heavy (non-hydrogen) atoms. The molecule has 0 bridgehead atoms. The van der Waals surface area contributed by atoms with Crippen LogP contribution in [-0.2, 0) is 6.54 Å². The lowest BCUT2D eigenvalue weighted by Gasteiger charge is -2.00. The maximum Gasteiger partial charge on any atom is 0.337 e. The lowest BCUT2D eigenvalue weighted by atomic mass is 10.3. The average Bonchev–Trinajstić information content (AvgIpc) is 2.76. The van der Waals surface area contributed by atoms with E-state index >= 15 is 0 Å². The molecule has 0 aromatic carbocycles. The monoisotopic (exact) mass is 285 g/mol. The second-order valence-electron chi connectivity index (χ2n) is 3.28. The van der Waals surface area contributed by atoms with Crippen molar-refractivity contribution in [3.05, 3.63) is 33.8 Å². The molecule has 84 valence electrons. The lowest BCUT2D eigenvalue weighted by molar-refractivity contribution is 0.0697. The molecule has 0 saturated heterocycles. The van der Waals surface area contributed by atoms with E-state index in [9.17, 15) is 4.79 Å². The first-order chi connectivity index (χ1) is 7.58. The van der Waals surface area contributed by atoms with Crippen LogP contribution in [0, 0.1) is 6.92 Å². The van der Waals surface area contributed by atoms with Crippen LogP contribution in [0.4, 0.5) is 0 Å². The van der Waals surface area contributed by atoms with E-state index in [0.29, 0.717) is 22.5 Å². The molecular formula is C9H8BrN3O3. The highest BCUT2D eigenvalue weighted by Crippen LogP contribution is 2.17. The van der Waals surface area contributed by atoms with Crippen LogP contribution in [0.3, 0.4) is 0 Å². The number of hydrogen-bond donors (Lipinski definition) is 1. The zero-order chi connectivity index (χ0) is 11.7. The van der Waals surface area contributed by atoms with Gasteiger partial charge in [0.1, 0.15) is 11.4 Å². The minimum Gasteiger partial charge on any atom is -0.478 e. The molecule has 7 heteroatoms. The number of rotatable bonds is 3. The summed E-state index contributed by atoms with van der Waals surface area (Å²) >= 11 is 3.28. The maximum absolute atomic E-state index is 10.8. The van der Waals surface area contributed by atoms with Crippen molar-refractivity contribution in [1.82, 2.24) is 14.9 Å². The number of aromatic nitrogens is 3. The molecule has 0 radical (unpaired) electrons. The highest BCUT2D eigenvalue weighted by Gasteiger charge is 2.12. The first-order valence-electron chi connectivity index (χ1n) is 4.45. The summed E-state index contributed by atoms with van der Waals surface area (Å²) < 4.78 is 6.96. The Bertz CT molecular complexity index is 532. The fourth-order valence-corrected chi connectivity index (χ4v) is 1.74. The van der Waals surface area contributed by atoms with E-state index in [1.54, 1.807) is 11.5 Å². The minimum atomic E-state index is -0.963. The van der Waals surface area contributed by atoms with Crippen LogP contribution in [0.1, 0.15) is 21.7 Å². The topological polar surface area (TPSA) is 81.2 Å². The Kier molecular flexibility index (Phi) is 2.78. The van der Waals surface area contributed by atoms with E-state index in [1.165, 1.54) is 12.3 Å². The van der Waals surface area contributed by atoms with Crippen molar-refractivity contribution in [1.29, 1.82) is 0 Å². The molecule has 0 atom stereocenters. The maximum atomic E-state index is 10.8. The Morgan fingerprint density at radius 1 is 1.62 bits per heavy atom. The number of halogens is 1. The first kappa shape index (κ1) is 10.9. The Labute approximate surface area is 99.0 Å². The molecule has 1 N–H and O–H groups in total. The molecular weight excluding hydrogens is 278 g/mol. The van der Waals surface area contributed by atoms with Gasteiger partial charge in [0.15, 0.2) is 0 Å². The summed E-state index contributed by atoms with van der Waals surface area (Å²) in [5.41, 5.74) is 1.59. The zero-order valence-electron chi connectivity index (χ0n) is 8.35. The summed E-state index contributed by atoms with van der Waals surface area (Å²) in [5, 5.41) is 16.2. The highest BCUT2D eigenvalue weighted by molar-refractivity contribution is 9.10. The molecule has 2 aromatic heterocycles. The van der Waals surface area contributed by atoms with E-state index in [-0.39, 0.29) is 5.56 Å². The first-order valence-corrected chi connectivity index (χ1v) is 5.24. The third kappa shape index (κ3) is 1.99. The van der Waals surface area contributed by atoms with Gasteiger partial charge in [-0.2, -0.15) is 0 Å². The van der Waals surface area contributed by atoms with Gasteiger partial charge < -0.3 is 9.67 Å². The van der Waals surface area contributed by atoms with Gasteiger partial charge in [0, 0.05) is 6.20 Å². The van der Waals surface area contributed by atoms with Crippen LogP contribution in [0.25, 0.3) is 0 Å². The van der Waals surface area contributed by atoms with E-state index in [2.05, 4.69) is 30.9 Å². The third-order valence-corrected chi connectivity index (χ3v) is 2.84. The van der Waals surface area contributed by atoms with Crippen LogP contribution in [0.15, 0.2) is 21.5 Å². The SMILES string of the molecule is Cc1nonc1Cn1cc(C(=O)O)cc1Br. The van der Waals surface area contributed by atoms with Crippen LogP contribution in [-0.4, -0.2) is 26.0 Å². The van der Waals surface area contributed by atoms with Gasteiger partial charge >= 0.3 is 5.97 Å². The molecule has 0 unspecified atom stereocenters. The zero-order valence-corrected chi connectivity index (χ0v) is 9.93. The molecule has 0 amide bonds. The van der Waals surface area contributed by atoms with Crippen molar-refractivity contribution in [2.24, 2.45) is 0 Å². The molecule has 0 aliphatic rings. The largest absolute Gasteiger partial charge is 0.478 e. The Morgan fingerprint density at radius 3 is 2.88 bits per heavy atom. The quantitative estimate of drug-likeness (QED) is 0.928. The van der Waals surface area contributed by atoms with Gasteiger partial charge in [-0.15, -0.1) is 0 Å². The van der Waals surface area contributed by atoms with Gasteiger partial charge in [-0.25, -0.2) is 9.42 Å². The minimum absolute atomic E-state index is 0.223. The number of carboxylic acids is 1. The fraction of sp³-hybridized carbons (Fsp3) is 0.222. The van der Waals surface area contributed by atoms with Gasteiger partial charge in [0.05, 0.1) is 16.7 Å². The van der Waals surface area contributed by atoms with Crippen molar-refractivity contribution >= 4 is 21.9 Å². The van der Waals surface area contributed by atoms with Gasteiger partial charge in [-0.3, -0.25) is 0 Å². The Morgan fingerprint density at radius 2 is 2.38 bits per heavy atom. The summed E-state index contributed by atoms with van der Waals surface area (Å²) in [5.74, 6) is -0.963. The van der Waals surface area contributed by atoms with Crippen LogP contribution in [0.2, 0.25) is 0 Å². The molecule has 0 saturated carbocycles. The molecule has 2 aromatic rings. The van der Waals surface area contributed by atoms with E-state index in [0.717, 1.165) is 0 Å². The third-order valence-electron chi connectivity index (χ3n) is 2.16. The number of nitrogens with zero attached hydrogens (tertiary/aromatic N) is 3. The molecule has 6 nitrogen and oxygen atoms in total. The second-order valence-corrected chi connectivity index (χ2v) is 4.09. The van der Waals surface area contributed by atoms with E-state index < -0.39 is 5.97 Å². The van der Waals surface area contributed by atoms with E-state index in [1.807, 2.05) is 0 Å². The summed E-state index contributed by atoms with van der Waals surface area (Å²) in [6, 6.07) is 1.53. The standard InChI is InChI=1S/C9H8BrN3O3/c1-5-7(12-16-11-5)4-13-3-6(9(14)15)2-8(13)10/h2-3H,4H2,1H3,(H,14,15). The van der Waals surface area contributed by atoms with Crippen LogP contribution >= 0.6 is 15.9 Å². The predicted molar refractivity (Wildman–Crippen MR) is 57.2 cm³/mol. The van der Waals surface area contributed by atoms with E-state index in [4.69, 9.17) is 5.11 Å². The smallest absolute Gasteiger partial charge is 0.337 e. The second kappa shape index (κ2) is 4.09. The molecule has 2 rings (SSSR count). The molecule has 0 aliphatic heterocycles. The summed E-state index contributed by atoms with van der Waals surface area (Å²) in [6.45, 7) is 2.20. The van der Waals surface area contributed by atoms with Crippen molar-refractivity contribution < 1.29 is 14.5 Å². The normalized spacial score (nSPS) is 10.6. The van der Waals surface area contributed by atoms with Gasteiger partial charge in [-0.1, -0.05) is 10.3 Å². The summed E-state index contributed by atoms with van der Waals surface area (Å²) in [7, 11) is 0. The molecule has 2 heterocycles. The average molecular weight is 286 g/mol. The molecule has 0 spiro atoms. The molecule has 0 fully saturated rings. The Balaban J connectivity index is 2.28. The summed E-state index contributed by atoms with van der Waals surface area (Å²) in [6.07, 6.45) is 1.53. The van der Waals surface area contributed by atoms with Crippen molar-refractivity contribution in [2.45, 2.75) is 13.5 Å². The van der Waals surface area contributed by atoms with Crippen molar-refractivity contribution in [2.75, 3.05) is 0 Å². The van der Waals surface area contributed by atoms with Gasteiger partial charge in [0.25, 0.3) is 0 Å². The highest BCUT2D eigenvalue weighted by atomic mass is 79.9. The van der Waals surface area contributed by atoms with Crippen LogP contribution in [0.5, 0.6) is 0 Å². The lowest BCUT2D eigenvalue weighted by Crippen LogP contribution is -2.01. The molecule has 0 aliphatic carbocycles. The number of aryl methyl sites for hydroxylation is 1. The summed E-state index contributed by atoms with van der Waals surface area (Å²) in [4.78, 5) is 10.8. The number of aromatic carboxylic acids is 1. The predicted octanol–water partition coefficient (Wildman–Crippen LogP) is 1.69. The Hall–Kier alpha value is -1.63. The number of carbonyl (C=O) groups is 1.